The lowest BCUT2D eigenvalue weighted by molar-refractivity contribution is 1.09. The van der Waals surface area contributed by atoms with Crippen LogP contribution in [-0.2, 0) is 12.8 Å². The summed E-state index contributed by atoms with van der Waals surface area (Å²) >= 11 is 7.14. The minimum absolute atomic E-state index is 1.06. The Morgan fingerprint density at radius 2 is 1.48 bits per heavy atom. The van der Waals surface area contributed by atoms with Crippen molar-refractivity contribution in [2.75, 3.05) is 0 Å². The summed E-state index contributed by atoms with van der Waals surface area (Å²) in [4.78, 5) is 0. The molecule has 0 aliphatic heterocycles. The van der Waals surface area contributed by atoms with E-state index < -0.39 is 7.38 Å². The molecule has 0 amide bonds. The third-order valence-electron chi connectivity index (χ3n) is 4.30. The molecule has 2 rings (SSSR count). The van der Waals surface area contributed by atoms with Gasteiger partial charge < -0.3 is 0 Å². The zero-order chi connectivity index (χ0) is 15.6. The Kier molecular flexibility index (Phi) is 4.95. The van der Waals surface area contributed by atoms with Crippen LogP contribution in [0, 0.1) is 13.8 Å². The van der Waals surface area contributed by atoms with E-state index in [0.29, 0.717) is 0 Å². The van der Waals surface area contributed by atoms with Gasteiger partial charge in [-0.05, 0) is 54.7 Å². The largest absolute Gasteiger partial charge is 0.214 e. The van der Waals surface area contributed by atoms with Gasteiger partial charge in [0.15, 0.2) is 0 Å². The summed E-state index contributed by atoms with van der Waals surface area (Å²) in [5.41, 5.74) is 5.41. The third kappa shape index (κ3) is 3.41. The highest BCUT2D eigenvalue weighted by molar-refractivity contribution is 7.33. The van der Waals surface area contributed by atoms with Crippen LogP contribution in [-0.4, -0.2) is 7.38 Å². The van der Waals surface area contributed by atoms with Crippen LogP contribution in [0.2, 0.25) is 6.55 Å². The van der Waals surface area contributed by atoms with Crippen molar-refractivity contribution in [3.8, 4) is 0 Å². The summed E-state index contributed by atoms with van der Waals surface area (Å²) < 4.78 is 0. The molecule has 0 N–H and O–H groups in total. The van der Waals surface area contributed by atoms with Crippen molar-refractivity contribution in [3.05, 3.63) is 58.7 Å². The van der Waals surface area contributed by atoms with Crippen molar-refractivity contribution < 1.29 is 0 Å². The summed E-state index contributed by atoms with van der Waals surface area (Å²) in [6.45, 7) is 11.0. The van der Waals surface area contributed by atoms with Crippen LogP contribution < -0.4 is 10.4 Å². The predicted molar refractivity (Wildman–Crippen MR) is 97.9 cm³/mol. The maximum absolute atomic E-state index is 7.14. The first-order chi connectivity index (χ1) is 9.88. The molecule has 1 unspecified atom stereocenters. The SMILES string of the molecule is CCc1cc(CC)cc([Si](C)(Cl)c2ccc(C)cc2C)c1. The van der Waals surface area contributed by atoms with Crippen LogP contribution in [0.25, 0.3) is 0 Å². The van der Waals surface area contributed by atoms with Crippen molar-refractivity contribution in [1.29, 1.82) is 0 Å². The van der Waals surface area contributed by atoms with Crippen LogP contribution in [0.3, 0.4) is 0 Å². The number of hydrogen-bond acceptors (Lipinski definition) is 0. The molecular formula is C19H25ClSi. The van der Waals surface area contributed by atoms with E-state index in [1.807, 2.05) is 0 Å². The predicted octanol–water partition coefficient (Wildman–Crippen LogP) is 4.36. The van der Waals surface area contributed by atoms with Crippen molar-refractivity contribution in [1.82, 2.24) is 0 Å². The monoisotopic (exact) mass is 316 g/mol. The number of aryl methyl sites for hydroxylation is 4. The zero-order valence-electron chi connectivity index (χ0n) is 13.8. The molecule has 0 bridgehead atoms. The number of rotatable bonds is 4. The molecule has 2 aromatic carbocycles. The second-order valence-electron chi connectivity index (χ2n) is 6.07. The van der Waals surface area contributed by atoms with E-state index in [2.05, 4.69) is 70.6 Å². The highest BCUT2D eigenvalue weighted by Gasteiger charge is 2.31. The zero-order valence-corrected chi connectivity index (χ0v) is 15.5. The summed E-state index contributed by atoms with van der Waals surface area (Å²) in [5.74, 6) is 0. The average Bonchev–Trinajstić information content (AvgIpc) is 2.46. The number of hydrogen-bond donors (Lipinski definition) is 0. The molecule has 0 heterocycles. The quantitative estimate of drug-likeness (QED) is 0.581. The van der Waals surface area contributed by atoms with Crippen LogP contribution in [0.15, 0.2) is 36.4 Å². The maximum atomic E-state index is 7.14. The fourth-order valence-electron chi connectivity index (χ4n) is 2.94. The molecule has 0 radical (unpaired) electrons. The molecule has 2 heteroatoms. The van der Waals surface area contributed by atoms with Crippen molar-refractivity contribution >= 4 is 28.8 Å². The molecule has 112 valence electrons. The molecule has 2 aromatic rings. The smallest absolute Gasteiger partial charge is 0.155 e. The van der Waals surface area contributed by atoms with Crippen molar-refractivity contribution in [2.24, 2.45) is 0 Å². The minimum Gasteiger partial charge on any atom is -0.155 e. The first-order valence-electron chi connectivity index (χ1n) is 7.78. The Bertz CT molecular complexity index is 622. The highest BCUT2D eigenvalue weighted by Crippen LogP contribution is 2.16. The lowest BCUT2D eigenvalue weighted by Gasteiger charge is -2.24. The van der Waals surface area contributed by atoms with Gasteiger partial charge in [0.2, 0.25) is 7.38 Å². The Morgan fingerprint density at radius 1 is 0.905 bits per heavy atom. The Labute approximate surface area is 134 Å². The van der Waals surface area contributed by atoms with Gasteiger partial charge in [-0.3, -0.25) is 0 Å². The summed E-state index contributed by atoms with van der Waals surface area (Å²) in [6, 6.07) is 13.6. The second kappa shape index (κ2) is 6.37. The molecule has 0 aromatic heterocycles. The fraction of sp³-hybridized carbons (Fsp3) is 0.368. The molecule has 0 nitrogen and oxygen atoms in total. The van der Waals surface area contributed by atoms with E-state index in [-0.39, 0.29) is 0 Å². The molecule has 0 spiro atoms. The normalized spacial score (nSPS) is 14.0. The van der Waals surface area contributed by atoms with Gasteiger partial charge in [0.05, 0.1) is 0 Å². The molecule has 0 fully saturated rings. The first kappa shape index (κ1) is 16.3. The topological polar surface area (TPSA) is 0 Å². The molecule has 21 heavy (non-hydrogen) atoms. The van der Waals surface area contributed by atoms with Gasteiger partial charge in [0.25, 0.3) is 0 Å². The summed E-state index contributed by atoms with van der Waals surface area (Å²) in [7, 11) is -2.15. The van der Waals surface area contributed by atoms with Crippen LogP contribution in [0.1, 0.15) is 36.1 Å². The van der Waals surface area contributed by atoms with Crippen molar-refractivity contribution in [3.63, 3.8) is 0 Å². The molecule has 0 aliphatic carbocycles. The lowest BCUT2D eigenvalue weighted by atomic mass is 10.1. The minimum atomic E-state index is -2.15. The van der Waals surface area contributed by atoms with E-state index in [1.54, 1.807) is 0 Å². The second-order valence-corrected chi connectivity index (χ2v) is 11.5. The van der Waals surface area contributed by atoms with Crippen LogP contribution in [0.4, 0.5) is 0 Å². The Morgan fingerprint density at radius 3 is 1.95 bits per heavy atom. The third-order valence-corrected chi connectivity index (χ3v) is 8.51. The molecule has 0 saturated carbocycles. The van der Waals surface area contributed by atoms with Gasteiger partial charge in [-0.1, -0.05) is 61.4 Å². The summed E-state index contributed by atoms with van der Waals surface area (Å²) in [6.07, 6.45) is 2.13. The highest BCUT2D eigenvalue weighted by atomic mass is 35.6. The van der Waals surface area contributed by atoms with E-state index >= 15 is 0 Å². The van der Waals surface area contributed by atoms with E-state index in [9.17, 15) is 0 Å². The van der Waals surface area contributed by atoms with Gasteiger partial charge in [0.1, 0.15) is 0 Å². The average molecular weight is 317 g/mol. The van der Waals surface area contributed by atoms with Gasteiger partial charge in [-0.25, -0.2) is 0 Å². The molecule has 0 saturated heterocycles. The van der Waals surface area contributed by atoms with Crippen LogP contribution >= 0.6 is 11.1 Å². The molecule has 1 atom stereocenters. The van der Waals surface area contributed by atoms with Gasteiger partial charge in [-0.15, -0.1) is 0 Å². The van der Waals surface area contributed by atoms with E-state index in [0.717, 1.165) is 12.8 Å². The first-order valence-corrected chi connectivity index (χ1v) is 11.3. The summed E-state index contributed by atoms with van der Waals surface area (Å²) in [5, 5.41) is 2.68. The van der Waals surface area contributed by atoms with E-state index in [1.165, 1.54) is 32.6 Å². The van der Waals surface area contributed by atoms with E-state index in [4.69, 9.17) is 11.1 Å². The Balaban J connectivity index is 2.57. The van der Waals surface area contributed by atoms with Crippen LogP contribution in [0.5, 0.6) is 0 Å². The van der Waals surface area contributed by atoms with Gasteiger partial charge >= 0.3 is 0 Å². The standard InChI is InChI=1S/C19H25ClSi/c1-6-16-11-17(7-2)13-18(12-16)21(5,20)19-9-8-14(3)10-15(19)4/h8-13H,6-7H2,1-5H3. The van der Waals surface area contributed by atoms with Gasteiger partial charge in [-0.2, -0.15) is 11.1 Å². The number of halogens is 1. The van der Waals surface area contributed by atoms with Crippen molar-refractivity contribution in [2.45, 2.75) is 47.1 Å². The lowest BCUT2D eigenvalue weighted by Crippen LogP contribution is -2.52. The molecule has 0 aliphatic rings. The molecular weight excluding hydrogens is 292 g/mol. The fourth-order valence-corrected chi connectivity index (χ4v) is 6.33. The maximum Gasteiger partial charge on any atom is 0.214 e. The number of benzene rings is 2. The van der Waals surface area contributed by atoms with Gasteiger partial charge in [0, 0.05) is 0 Å². The Hall–Kier alpha value is -1.05.